The van der Waals surface area contributed by atoms with Gasteiger partial charge in [-0.1, -0.05) is 11.6 Å². The van der Waals surface area contributed by atoms with Crippen molar-refractivity contribution in [3.05, 3.63) is 70.6 Å². The summed E-state index contributed by atoms with van der Waals surface area (Å²) < 4.78 is 14.9. The molecule has 2 aliphatic heterocycles. The molecule has 158 valence electrons. The van der Waals surface area contributed by atoms with E-state index in [0.717, 1.165) is 28.5 Å². The Morgan fingerprint density at radius 3 is 2.55 bits per heavy atom. The number of hydrogen-bond acceptors (Lipinski definition) is 4. The zero-order valence-corrected chi connectivity index (χ0v) is 17.9. The van der Waals surface area contributed by atoms with Gasteiger partial charge in [0.1, 0.15) is 11.6 Å². The van der Waals surface area contributed by atoms with E-state index < -0.39 is 5.92 Å². The third kappa shape index (κ3) is 3.81. The number of rotatable bonds is 4. The molecule has 2 amide bonds. The Hall–Kier alpha value is -2.84. The number of aromatic nitrogens is 2. The SMILES string of the molecule is O=C(Nc1c2c(nn1-c1ccc(Cl)cc1)CSC2)[C@@H]1CC(=O)N(c2ccc(F)cc2)C1. The van der Waals surface area contributed by atoms with Crippen LogP contribution in [0.3, 0.4) is 0 Å². The molecule has 1 atom stereocenters. The fourth-order valence-corrected chi connectivity index (χ4v) is 5.04. The first-order valence-corrected chi connectivity index (χ1v) is 11.3. The highest BCUT2D eigenvalue weighted by Crippen LogP contribution is 2.37. The number of hydrogen-bond donors (Lipinski definition) is 1. The summed E-state index contributed by atoms with van der Waals surface area (Å²) in [5.41, 5.74) is 3.35. The predicted octanol–water partition coefficient (Wildman–Crippen LogP) is 4.40. The van der Waals surface area contributed by atoms with Crippen molar-refractivity contribution in [2.45, 2.75) is 17.9 Å². The minimum Gasteiger partial charge on any atom is -0.312 e. The van der Waals surface area contributed by atoms with Crippen molar-refractivity contribution < 1.29 is 14.0 Å². The Bertz CT molecular complexity index is 1160. The first kappa shape index (κ1) is 20.1. The number of anilines is 2. The number of nitrogens with one attached hydrogen (secondary N) is 1. The van der Waals surface area contributed by atoms with Gasteiger partial charge in [0, 0.05) is 40.7 Å². The molecule has 1 fully saturated rings. The van der Waals surface area contributed by atoms with E-state index in [2.05, 4.69) is 10.4 Å². The zero-order chi connectivity index (χ0) is 21.5. The molecule has 2 aliphatic rings. The molecule has 9 heteroatoms. The smallest absolute Gasteiger partial charge is 0.230 e. The number of fused-ring (bicyclic) bond motifs is 1. The van der Waals surface area contributed by atoms with Crippen molar-refractivity contribution in [1.29, 1.82) is 0 Å². The van der Waals surface area contributed by atoms with E-state index in [9.17, 15) is 14.0 Å². The van der Waals surface area contributed by atoms with Crippen LogP contribution in [0.5, 0.6) is 0 Å². The monoisotopic (exact) mass is 456 g/mol. The van der Waals surface area contributed by atoms with E-state index in [4.69, 9.17) is 11.6 Å². The van der Waals surface area contributed by atoms with Crippen molar-refractivity contribution in [1.82, 2.24) is 9.78 Å². The average molecular weight is 457 g/mol. The Kier molecular flexibility index (Phi) is 5.19. The van der Waals surface area contributed by atoms with Gasteiger partial charge in [-0.25, -0.2) is 9.07 Å². The predicted molar refractivity (Wildman–Crippen MR) is 119 cm³/mol. The van der Waals surface area contributed by atoms with Crippen LogP contribution in [0.1, 0.15) is 17.7 Å². The van der Waals surface area contributed by atoms with Gasteiger partial charge in [-0.15, -0.1) is 0 Å². The van der Waals surface area contributed by atoms with Gasteiger partial charge in [0.05, 0.1) is 17.3 Å². The van der Waals surface area contributed by atoms with Crippen LogP contribution in [-0.2, 0) is 21.1 Å². The van der Waals surface area contributed by atoms with Gasteiger partial charge < -0.3 is 10.2 Å². The lowest BCUT2D eigenvalue weighted by molar-refractivity contribution is -0.122. The molecule has 6 nitrogen and oxygen atoms in total. The van der Waals surface area contributed by atoms with Crippen molar-refractivity contribution in [2.24, 2.45) is 5.92 Å². The molecule has 31 heavy (non-hydrogen) atoms. The highest BCUT2D eigenvalue weighted by molar-refractivity contribution is 7.98. The van der Waals surface area contributed by atoms with Gasteiger partial charge >= 0.3 is 0 Å². The number of carbonyl (C=O) groups excluding carboxylic acids is 2. The first-order valence-electron chi connectivity index (χ1n) is 9.81. The van der Waals surface area contributed by atoms with Crippen LogP contribution in [0, 0.1) is 11.7 Å². The summed E-state index contributed by atoms with van der Waals surface area (Å²) in [6.07, 6.45) is 0.106. The van der Waals surface area contributed by atoms with Gasteiger partial charge in [-0.05, 0) is 48.5 Å². The van der Waals surface area contributed by atoms with Gasteiger partial charge in [0.25, 0.3) is 0 Å². The summed E-state index contributed by atoms with van der Waals surface area (Å²) in [4.78, 5) is 27.1. The summed E-state index contributed by atoms with van der Waals surface area (Å²) in [5.74, 6) is 0.942. The molecule has 0 spiro atoms. The van der Waals surface area contributed by atoms with Gasteiger partial charge in [-0.2, -0.15) is 16.9 Å². The van der Waals surface area contributed by atoms with Crippen LogP contribution in [0.4, 0.5) is 15.9 Å². The largest absolute Gasteiger partial charge is 0.312 e. The van der Waals surface area contributed by atoms with E-state index in [1.54, 1.807) is 40.7 Å². The van der Waals surface area contributed by atoms with Crippen LogP contribution in [0.25, 0.3) is 5.69 Å². The minimum atomic E-state index is -0.504. The molecular weight excluding hydrogens is 439 g/mol. The van der Waals surface area contributed by atoms with Crippen molar-refractivity contribution in [3.8, 4) is 5.69 Å². The van der Waals surface area contributed by atoms with Crippen molar-refractivity contribution >= 4 is 46.7 Å². The molecule has 3 aromatic rings. The number of thioether (sulfide) groups is 1. The fourth-order valence-electron chi connectivity index (χ4n) is 3.88. The maximum atomic E-state index is 13.2. The van der Waals surface area contributed by atoms with E-state index in [-0.39, 0.29) is 30.6 Å². The molecule has 1 N–H and O–H groups in total. The molecule has 3 heterocycles. The molecule has 0 saturated carbocycles. The van der Waals surface area contributed by atoms with E-state index in [1.807, 2.05) is 12.1 Å². The highest BCUT2D eigenvalue weighted by Gasteiger charge is 2.36. The molecule has 0 bridgehead atoms. The number of nitrogens with zero attached hydrogens (tertiary/aromatic N) is 3. The molecular formula is C22H18ClFN4O2S. The third-order valence-corrected chi connectivity index (χ3v) is 6.72. The second-order valence-electron chi connectivity index (χ2n) is 7.53. The van der Waals surface area contributed by atoms with Gasteiger partial charge in [-0.3, -0.25) is 9.59 Å². The third-order valence-electron chi connectivity index (χ3n) is 5.50. The normalized spacial score (nSPS) is 17.8. The molecule has 0 aliphatic carbocycles. The highest BCUT2D eigenvalue weighted by atomic mass is 35.5. The standard InChI is InChI=1S/C22H18ClFN4O2S/c23-14-1-5-17(6-2-14)28-21(18-11-31-12-19(18)26-28)25-22(30)13-9-20(29)27(10-13)16-7-3-15(24)4-8-16/h1-8,13H,9-12H2,(H,25,30)/t13-/m1/s1. The van der Waals surface area contributed by atoms with Gasteiger partial charge in [0.2, 0.25) is 11.8 Å². The Labute approximate surface area is 187 Å². The molecule has 0 unspecified atom stereocenters. The molecule has 2 aromatic carbocycles. The maximum absolute atomic E-state index is 13.2. The van der Waals surface area contributed by atoms with E-state index >= 15 is 0 Å². The van der Waals surface area contributed by atoms with Crippen LogP contribution < -0.4 is 10.2 Å². The van der Waals surface area contributed by atoms with Gasteiger partial charge in [0.15, 0.2) is 0 Å². The van der Waals surface area contributed by atoms with E-state index in [0.29, 0.717) is 16.5 Å². The van der Waals surface area contributed by atoms with Crippen LogP contribution in [0.2, 0.25) is 5.02 Å². The summed E-state index contributed by atoms with van der Waals surface area (Å²) in [6, 6.07) is 13.0. The molecule has 1 saturated heterocycles. The lowest BCUT2D eigenvalue weighted by Crippen LogP contribution is -2.28. The fraction of sp³-hybridized carbons (Fsp3) is 0.227. The maximum Gasteiger partial charge on any atom is 0.230 e. The van der Waals surface area contributed by atoms with Crippen LogP contribution in [-0.4, -0.2) is 28.1 Å². The summed E-state index contributed by atoms with van der Waals surface area (Å²) in [6.45, 7) is 0.252. The van der Waals surface area contributed by atoms with Crippen molar-refractivity contribution in [3.63, 3.8) is 0 Å². The Balaban J connectivity index is 1.39. The summed E-state index contributed by atoms with van der Waals surface area (Å²) in [5, 5.41) is 8.33. The second-order valence-corrected chi connectivity index (χ2v) is 8.95. The lowest BCUT2D eigenvalue weighted by Gasteiger charge is -2.17. The summed E-state index contributed by atoms with van der Waals surface area (Å²) >= 11 is 7.76. The zero-order valence-electron chi connectivity index (χ0n) is 16.3. The number of carbonyl (C=O) groups is 2. The Morgan fingerprint density at radius 2 is 1.81 bits per heavy atom. The Morgan fingerprint density at radius 1 is 1.10 bits per heavy atom. The molecule has 5 rings (SSSR count). The lowest BCUT2D eigenvalue weighted by atomic mass is 10.1. The molecule has 1 aromatic heterocycles. The first-order chi connectivity index (χ1) is 15.0. The summed E-state index contributed by atoms with van der Waals surface area (Å²) in [7, 11) is 0. The van der Waals surface area contributed by atoms with Crippen LogP contribution in [0.15, 0.2) is 48.5 Å². The number of benzene rings is 2. The minimum absolute atomic E-state index is 0.106. The topological polar surface area (TPSA) is 67.2 Å². The number of halogens is 2. The van der Waals surface area contributed by atoms with Crippen molar-refractivity contribution in [2.75, 3.05) is 16.8 Å². The van der Waals surface area contributed by atoms with E-state index in [1.165, 1.54) is 17.0 Å². The second kappa shape index (κ2) is 8.01. The quantitative estimate of drug-likeness (QED) is 0.631. The van der Waals surface area contributed by atoms with Crippen LogP contribution >= 0.6 is 23.4 Å². The number of amides is 2. The molecule has 0 radical (unpaired) electrons. The average Bonchev–Trinajstić information content (AvgIpc) is 3.45.